The van der Waals surface area contributed by atoms with Crippen LogP contribution in [0.4, 0.5) is 0 Å². The fourth-order valence-electron chi connectivity index (χ4n) is 4.66. The van der Waals surface area contributed by atoms with Crippen molar-refractivity contribution in [2.24, 2.45) is 0 Å². The molecule has 1 atom stereocenters. The van der Waals surface area contributed by atoms with E-state index in [1.807, 2.05) is 5.38 Å². The van der Waals surface area contributed by atoms with Gasteiger partial charge in [0.25, 0.3) is 0 Å². The number of carbonyl (C=O) groups excluding carboxylic acids is 3. The largest absolute Gasteiger partial charge is 0.493 e. The third kappa shape index (κ3) is 9.64. The van der Waals surface area contributed by atoms with Crippen LogP contribution in [0, 0.1) is 0 Å². The van der Waals surface area contributed by atoms with Crippen molar-refractivity contribution in [2.75, 3.05) is 26.4 Å². The van der Waals surface area contributed by atoms with E-state index in [0.717, 1.165) is 4.88 Å². The monoisotopic (exact) mass is 703 g/mol. The van der Waals surface area contributed by atoms with Crippen LogP contribution in [0.5, 0.6) is 5.75 Å². The molecule has 0 saturated carbocycles. The van der Waals surface area contributed by atoms with Gasteiger partial charge < -0.3 is 24.1 Å². The van der Waals surface area contributed by atoms with Gasteiger partial charge in [-0.25, -0.2) is 8.42 Å². The standard InChI is InChI=1S/C32H34ClN3O9S2/c1-3-43-29(38)12-7-15-45-26-11-6-5-10-23(26)31(32(40)36(20-30(39)44-4-2)19-22-9-8-16-46-22)35-47(41,42)27-17-21-13-14-28(37)34-25(21)18-24(27)33/h5-6,8-11,13-14,16-18,31,35H,3-4,7,12,15,19-20H2,1-2H3,(H,34,37)/t31-/m1/s1. The van der Waals surface area contributed by atoms with Gasteiger partial charge in [0.05, 0.1) is 31.4 Å². The summed E-state index contributed by atoms with van der Waals surface area (Å²) in [7, 11) is -4.53. The average Bonchev–Trinajstić information content (AvgIpc) is 3.54. The number of aromatic amines is 1. The van der Waals surface area contributed by atoms with Gasteiger partial charge in [0.2, 0.25) is 21.5 Å². The molecule has 2 aromatic heterocycles. The first-order valence-electron chi connectivity index (χ1n) is 14.7. The predicted molar refractivity (Wildman–Crippen MR) is 177 cm³/mol. The number of hydrogen-bond acceptors (Lipinski definition) is 10. The highest BCUT2D eigenvalue weighted by atomic mass is 35.5. The quantitative estimate of drug-likeness (QED) is 0.126. The van der Waals surface area contributed by atoms with Crippen LogP contribution in [-0.2, 0) is 40.4 Å². The molecular formula is C32H34ClN3O9S2. The van der Waals surface area contributed by atoms with Crippen LogP contribution in [0.3, 0.4) is 0 Å². The third-order valence-corrected chi connectivity index (χ3v) is 9.52. The maximum atomic E-state index is 14.4. The minimum atomic E-state index is -4.53. The molecule has 47 heavy (non-hydrogen) atoms. The van der Waals surface area contributed by atoms with Gasteiger partial charge in [0, 0.05) is 28.4 Å². The highest BCUT2D eigenvalue weighted by molar-refractivity contribution is 7.89. The lowest BCUT2D eigenvalue weighted by atomic mass is 10.0. The van der Waals surface area contributed by atoms with Gasteiger partial charge in [-0.05, 0) is 61.4 Å². The summed E-state index contributed by atoms with van der Waals surface area (Å²) in [6, 6.07) is 13.7. The van der Waals surface area contributed by atoms with E-state index < -0.39 is 34.5 Å². The van der Waals surface area contributed by atoms with Gasteiger partial charge in [-0.15, -0.1) is 11.3 Å². The Morgan fingerprint density at radius 1 is 1.00 bits per heavy atom. The number of H-pyrrole nitrogens is 1. The molecule has 0 fully saturated rings. The molecule has 0 radical (unpaired) electrons. The van der Waals surface area contributed by atoms with Gasteiger partial charge in [0.1, 0.15) is 23.2 Å². The number of pyridine rings is 1. The molecule has 0 aliphatic rings. The smallest absolute Gasteiger partial charge is 0.325 e. The molecule has 2 heterocycles. The summed E-state index contributed by atoms with van der Waals surface area (Å²) >= 11 is 7.78. The number of nitrogens with one attached hydrogen (secondary N) is 2. The Bertz CT molecular complexity index is 1880. The maximum Gasteiger partial charge on any atom is 0.325 e. The molecule has 0 aliphatic carbocycles. The lowest BCUT2D eigenvalue weighted by molar-refractivity contribution is -0.149. The normalized spacial score (nSPS) is 12.0. The molecule has 2 N–H and O–H groups in total. The number of benzene rings is 2. The zero-order valence-corrected chi connectivity index (χ0v) is 28.1. The number of thiophene rings is 1. The predicted octanol–water partition coefficient (Wildman–Crippen LogP) is 4.58. The molecule has 12 nitrogen and oxygen atoms in total. The van der Waals surface area contributed by atoms with Gasteiger partial charge in [-0.3, -0.25) is 19.2 Å². The topological polar surface area (TPSA) is 161 Å². The molecule has 250 valence electrons. The molecule has 2 aromatic carbocycles. The van der Waals surface area contributed by atoms with Crippen LogP contribution in [-0.4, -0.2) is 62.5 Å². The number of hydrogen-bond donors (Lipinski definition) is 2. The summed E-state index contributed by atoms with van der Waals surface area (Å²) in [6.45, 7) is 3.30. The fourth-order valence-corrected chi connectivity index (χ4v) is 7.11. The van der Waals surface area contributed by atoms with E-state index in [-0.39, 0.29) is 65.5 Å². The Labute approximate surface area is 280 Å². The first-order valence-corrected chi connectivity index (χ1v) is 17.5. The first kappa shape index (κ1) is 35.6. The minimum absolute atomic E-state index is 0.000199. The second kappa shape index (κ2) is 16.5. The van der Waals surface area contributed by atoms with E-state index in [0.29, 0.717) is 17.3 Å². The number of halogens is 1. The second-order valence-corrected chi connectivity index (χ2v) is 13.2. The van der Waals surface area contributed by atoms with E-state index >= 15 is 0 Å². The number of fused-ring (bicyclic) bond motifs is 1. The summed E-state index contributed by atoms with van der Waals surface area (Å²) < 4.78 is 46.5. The van der Waals surface area contributed by atoms with Crippen LogP contribution >= 0.6 is 22.9 Å². The van der Waals surface area contributed by atoms with Crippen LogP contribution in [0.2, 0.25) is 5.02 Å². The van der Waals surface area contributed by atoms with Crippen LogP contribution in [0.1, 0.15) is 43.2 Å². The van der Waals surface area contributed by atoms with E-state index in [1.165, 1.54) is 46.6 Å². The van der Waals surface area contributed by atoms with Crippen LogP contribution < -0.4 is 15.0 Å². The Hall–Kier alpha value is -4.24. The van der Waals surface area contributed by atoms with Crippen LogP contribution in [0.25, 0.3) is 10.9 Å². The van der Waals surface area contributed by atoms with Crippen molar-refractivity contribution in [1.29, 1.82) is 0 Å². The molecule has 0 spiro atoms. The number of sulfonamides is 1. The lowest BCUT2D eigenvalue weighted by Crippen LogP contribution is -2.45. The Balaban J connectivity index is 1.75. The Morgan fingerprint density at radius 2 is 1.74 bits per heavy atom. The van der Waals surface area contributed by atoms with Crippen molar-refractivity contribution in [3.63, 3.8) is 0 Å². The summed E-state index contributed by atoms with van der Waals surface area (Å²) in [6.07, 6.45) is 0.407. The molecule has 0 aliphatic heterocycles. The SMILES string of the molecule is CCOC(=O)CCCOc1ccccc1[C@@H](NS(=O)(=O)c1cc2ccc(=O)[nH]c2cc1Cl)C(=O)N(CC(=O)OCC)Cc1cccs1. The number of aromatic nitrogens is 1. The number of ether oxygens (including phenoxy) is 3. The van der Waals surface area contributed by atoms with Gasteiger partial charge >= 0.3 is 11.9 Å². The summed E-state index contributed by atoms with van der Waals surface area (Å²) in [5.41, 5.74) is 0.102. The lowest BCUT2D eigenvalue weighted by Gasteiger charge is -2.28. The third-order valence-electron chi connectivity index (χ3n) is 6.77. The molecule has 1 amide bonds. The Morgan fingerprint density at radius 3 is 2.47 bits per heavy atom. The molecule has 0 unspecified atom stereocenters. The highest BCUT2D eigenvalue weighted by Crippen LogP contribution is 2.32. The van der Waals surface area contributed by atoms with Crippen molar-refractivity contribution in [2.45, 2.75) is 44.2 Å². The van der Waals surface area contributed by atoms with Gasteiger partial charge in [-0.1, -0.05) is 35.9 Å². The number of nitrogens with zero attached hydrogens (tertiary/aromatic N) is 1. The molecule has 4 aromatic rings. The molecule has 15 heteroatoms. The highest BCUT2D eigenvalue weighted by Gasteiger charge is 2.35. The van der Waals surface area contributed by atoms with Crippen molar-refractivity contribution in [3.8, 4) is 5.75 Å². The number of rotatable bonds is 16. The number of carbonyl (C=O) groups is 3. The van der Waals surface area contributed by atoms with Gasteiger partial charge in [-0.2, -0.15) is 4.72 Å². The number of para-hydroxylation sites is 1. The summed E-state index contributed by atoms with van der Waals surface area (Å²) in [4.78, 5) is 54.9. The Kier molecular flexibility index (Phi) is 12.5. The first-order chi connectivity index (χ1) is 22.5. The zero-order valence-electron chi connectivity index (χ0n) is 25.7. The van der Waals surface area contributed by atoms with Crippen molar-refractivity contribution < 1.29 is 37.0 Å². The fraction of sp³-hybridized carbons (Fsp3) is 0.312. The summed E-state index contributed by atoms with van der Waals surface area (Å²) in [5.74, 6) is -1.62. The van der Waals surface area contributed by atoms with Gasteiger partial charge in [0.15, 0.2) is 0 Å². The molecule has 4 rings (SSSR count). The molecular weight excluding hydrogens is 670 g/mol. The average molecular weight is 704 g/mol. The maximum absolute atomic E-state index is 14.4. The number of esters is 2. The van der Waals surface area contributed by atoms with E-state index in [1.54, 1.807) is 44.2 Å². The van der Waals surface area contributed by atoms with E-state index in [4.69, 9.17) is 25.8 Å². The number of amides is 1. The van der Waals surface area contributed by atoms with Crippen molar-refractivity contribution >= 4 is 61.7 Å². The van der Waals surface area contributed by atoms with E-state index in [9.17, 15) is 27.6 Å². The second-order valence-electron chi connectivity index (χ2n) is 10.1. The zero-order chi connectivity index (χ0) is 34.0. The molecule has 0 saturated heterocycles. The van der Waals surface area contributed by atoms with Crippen molar-refractivity contribution in [1.82, 2.24) is 14.6 Å². The van der Waals surface area contributed by atoms with Crippen molar-refractivity contribution in [3.05, 3.63) is 91.9 Å². The van der Waals surface area contributed by atoms with Crippen LogP contribution in [0.15, 0.2) is 75.7 Å². The summed E-state index contributed by atoms with van der Waals surface area (Å²) in [5, 5.41) is 2.02. The minimum Gasteiger partial charge on any atom is -0.493 e. The van der Waals surface area contributed by atoms with E-state index in [2.05, 4.69) is 9.71 Å². The molecule has 0 bridgehead atoms.